The van der Waals surface area contributed by atoms with Crippen molar-refractivity contribution in [2.24, 2.45) is 0 Å². The van der Waals surface area contributed by atoms with Crippen LogP contribution in [0, 0.1) is 5.82 Å². The standard InChI is InChI=1S/C8H5ClF3NO2/c9-7-6(10)5(8(11)12)3(2-13-7)1-4(14)15/h2,8H,1H2,(H,14,15). The van der Waals surface area contributed by atoms with Crippen molar-refractivity contribution in [3.05, 3.63) is 28.3 Å². The highest BCUT2D eigenvalue weighted by molar-refractivity contribution is 6.29. The molecule has 0 amide bonds. The molecule has 1 heterocycles. The molecule has 0 fully saturated rings. The van der Waals surface area contributed by atoms with Gasteiger partial charge in [0.1, 0.15) is 0 Å². The third kappa shape index (κ3) is 2.59. The zero-order valence-electron chi connectivity index (χ0n) is 7.18. The molecule has 0 saturated heterocycles. The van der Waals surface area contributed by atoms with Crippen LogP contribution >= 0.6 is 11.6 Å². The van der Waals surface area contributed by atoms with E-state index in [-0.39, 0.29) is 5.56 Å². The average molecular weight is 240 g/mol. The van der Waals surface area contributed by atoms with Gasteiger partial charge in [0.25, 0.3) is 6.43 Å². The average Bonchev–Trinajstić information content (AvgIpc) is 2.10. The van der Waals surface area contributed by atoms with Gasteiger partial charge >= 0.3 is 5.97 Å². The molecule has 15 heavy (non-hydrogen) atoms. The Bertz CT molecular complexity index is 398. The van der Waals surface area contributed by atoms with Crippen LogP contribution in [0.15, 0.2) is 6.20 Å². The lowest BCUT2D eigenvalue weighted by molar-refractivity contribution is -0.136. The van der Waals surface area contributed by atoms with Crippen LogP contribution in [0.25, 0.3) is 0 Å². The number of alkyl halides is 2. The van der Waals surface area contributed by atoms with Crippen LogP contribution < -0.4 is 0 Å². The lowest BCUT2D eigenvalue weighted by Crippen LogP contribution is -2.07. The first-order valence-electron chi connectivity index (χ1n) is 3.76. The smallest absolute Gasteiger partial charge is 0.307 e. The molecule has 0 spiro atoms. The number of aliphatic carboxylic acids is 1. The molecular weight excluding hydrogens is 235 g/mol. The number of carbonyl (C=O) groups is 1. The molecule has 0 bridgehead atoms. The molecule has 7 heteroatoms. The lowest BCUT2D eigenvalue weighted by Gasteiger charge is -2.08. The molecule has 3 nitrogen and oxygen atoms in total. The molecule has 1 aromatic rings. The largest absolute Gasteiger partial charge is 0.481 e. The highest BCUT2D eigenvalue weighted by Crippen LogP contribution is 2.29. The van der Waals surface area contributed by atoms with Gasteiger partial charge < -0.3 is 5.11 Å². The van der Waals surface area contributed by atoms with Crippen LogP contribution in [-0.4, -0.2) is 16.1 Å². The Morgan fingerprint density at radius 2 is 2.20 bits per heavy atom. The Balaban J connectivity index is 3.26. The van der Waals surface area contributed by atoms with Gasteiger partial charge in [-0.1, -0.05) is 11.6 Å². The van der Waals surface area contributed by atoms with Gasteiger partial charge in [-0.25, -0.2) is 18.2 Å². The number of hydrogen-bond acceptors (Lipinski definition) is 2. The number of aromatic nitrogens is 1. The summed E-state index contributed by atoms with van der Waals surface area (Å²) in [6.45, 7) is 0. The molecule has 0 aromatic carbocycles. The topological polar surface area (TPSA) is 50.2 Å². The number of nitrogens with zero attached hydrogens (tertiary/aromatic N) is 1. The molecule has 0 aliphatic rings. The van der Waals surface area contributed by atoms with Crippen molar-refractivity contribution in [2.45, 2.75) is 12.8 Å². The third-order valence-corrected chi connectivity index (χ3v) is 1.92. The van der Waals surface area contributed by atoms with E-state index in [0.29, 0.717) is 0 Å². The maximum absolute atomic E-state index is 13.1. The van der Waals surface area contributed by atoms with E-state index in [0.717, 1.165) is 6.20 Å². The fourth-order valence-electron chi connectivity index (χ4n) is 1.05. The molecule has 0 radical (unpaired) electrons. The molecule has 0 saturated carbocycles. The van der Waals surface area contributed by atoms with Gasteiger partial charge in [0.15, 0.2) is 11.0 Å². The maximum Gasteiger partial charge on any atom is 0.307 e. The van der Waals surface area contributed by atoms with Gasteiger partial charge in [-0.05, 0) is 5.56 Å². The summed E-state index contributed by atoms with van der Waals surface area (Å²) in [5.41, 5.74) is -1.38. The number of pyridine rings is 1. The van der Waals surface area contributed by atoms with Crippen LogP contribution in [0.1, 0.15) is 17.6 Å². The first-order chi connectivity index (χ1) is 6.93. The highest BCUT2D eigenvalue weighted by Gasteiger charge is 2.22. The van der Waals surface area contributed by atoms with E-state index in [1.165, 1.54) is 0 Å². The second kappa shape index (κ2) is 4.48. The molecule has 82 valence electrons. The Hall–Kier alpha value is -1.30. The number of carboxylic acid groups (broad SMARTS) is 1. The number of hydrogen-bond donors (Lipinski definition) is 1. The summed E-state index contributed by atoms with van der Waals surface area (Å²) in [5.74, 6) is -2.72. The second-order valence-electron chi connectivity index (χ2n) is 2.67. The molecule has 1 N–H and O–H groups in total. The fourth-order valence-corrected chi connectivity index (χ4v) is 1.20. The van der Waals surface area contributed by atoms with Gasteiger partial charge in [-0.2, -0.15) is 0 Å². The van der Waals surface area contributed by atoms with E-state index >= 15 is 0 Å². The van der Waals surface area contributed by atoms with Gasteiger partial charge in [0.05, 0.1) is 12.0 Å². The van der Waals surface area contributed by atoms with E-state index in [1.54, 1.807) is 0 Å². The van der Waals surface area contributed by atoms with Crippen LogP contribution in [-0.2, 0) is 11.2 Å². The van der Waals surface area contributed by atoms with Gasteiger partial charge in [-0.3, -0.25) is 4.79 Å². The van der Waals surface area contributed by atoms with Crippen molar-refractivity contribution >= 4 is 17.6 Å². The van der Waals surface area contributed by atoms with Crippen molar-refractivity contribution in [3.63, 3.8) is 0 Å². The van der Waals surface area contributed by atoms with E-state index in [2.05, 4.69) is 4.98 Å². The predicted molar refractivity (Wildman–Crippen MR) is 45.5 cm³/mol. The quantitative estimate of drug-likeness (QED) is 0.824. The summed E-state index contributed by atoms with van der Waals surface area (Å²) >= 11 is 5.20. The van der Waals surface area contributed by atoms with E-state index < -0.39 is 35.3 Å². The first kappa shape index (κ1) is 11.8. The molecule has 0 unspecified atom stereocenters. The fraction of sp³-hybridized carbons (Fsp3) is 0.250. The zero-order chi connectivity index (χ0) is 11.6. The van der Waals surface area contributed by atoms with Crippen molar-refractivity contribution < 1.29 is 23.1 Å². The summed E-state index contributed by atoms with van der Waals surface area (Å²) < 4.78 is 37.9. The van der Waals surface area contributed by atoms with Gasteiger partial charge in [-0.15, -0.1) is 0 Å². The summed E-state index contributed by atoms with van der Waals surface area (Å²) in [7, 11) is 0. The minimum Gasteiger partial charge on any atom is -0.481 e. The molecule has 1 rings (SSSR count). The Labute approximate surface area is 87.5 Å². The second-order valence-corrected chi connectivity index (χ2v) is 3.03. The summed E-state index contributed by atoms with van der Waals surface area (Å²) in [5, 5.41) is 7.71. The predicted octanol–water partition coefficient (Wildman–Crippen LogP) is 2.44. The number of carboxylic acids is 1. The van der Waals surface area contributed by atoms with Crippen LogP contribution in [0.5, 0.6) is 0 Å². The SMILES string of the molecule is O=C(O)Cc1cnc(Cl)c(F)c1C(F)F. The third-order valence-electron chi connectivity index (χ3n) is 1.66. The van der Waals surface area contributed by atoms with E-state index in [4.69, 9.17) is 16.7 Å². The molecule has 0 aliphatic carbocycles. The molecular formula is C8H5ClF3NO2. The summed E-state index contributed by atoms with van der Waals surface area (Å²) in [6.07, 6.45) is -3.01. The Morgan fingerprint density at radius 3 is 2.67 bits per heavy atom. The minimum atomic E-state index is -3.13. The molecule has 1 aromatic heterocycles. The van der Waals surface area contributed by atoms with Crippen LogP contribution in [0.3, 0.4) is 0 Å². The molecule has 0 aliphatic heterocycles. The first-order valence-corrected chi connectivity index (χ1v) is 4.14. The molecule has 0 atom stereocenters. The Morgan fingerprint density at radius 1 is 1.60 bits per heavy atom. The summed E-state index contributed by atoms with van der Waals surface area (Å²) in [6, 6.07) is 0. The lowest BCUT2D eigenvalue weighted by atomic mass is 10.1. The minimum absolute atomic E-state index is 0.376. The van der Waals surface area contributed by atoms with Gasteiger partial charge in [0, 0.05) is 6.20 Å². The van der Waals surface area contributed by atoms with Crippen LogP contribution in [0.4, 0.5) is 13.2 Å². The normalized spacial score (nSPS) is 10.7. The summed E-state index contributed by atoms with van der Waals surface area (Å²) in [4.78, 5) is 13.6. The van der Waals surface area contributed by atoms with Crippen molar-refractivity contribution in [1.82, 2.24) is 4.98 Å². The maximum atomic E-state index is 13.1. The monoisotopic (exact) mass is 239 g/mol. The van der Waals surface area contributed by atoms with Crippen molar-refractivity contribution in [3.8, 4) is 0 Å². The highest BCUT2D eigenvalue weighted by atomic mass is 35.5. The van der Waals surface area contributed by atoms with E-state index in [1.807, 2.05) is 0 Å². The van der Waals surface area contributed by atoms with Gasteiger partial charge in [0.2, 0.25) is 0 Å². The Kier molecular flexibility index (Phi) is 3.52. The van der Waals surface area contributed by atoms with Crippen LogP contribution in [0.2, 0.25) is 5.15 Å². The number of halogens is 4. The van der Waals surface area contributed by atoms with E-state index in [9.17, 15) is 18.0 Å². The zero-order valence-corrected chi connectivity index (χ0v) is 7.93. The van der Waals surface area contributed by atoms with Crippen molar-refractivity contribution in [1.29, 1.82) is 0 Å². The van der Waals surface area contributed by atoms with Crippen molar-refractivity contribution in [2.75, 3.05) is 0 Å². The number of rotatable bonds is 3.